The Bertz CT molecular complexity index is 603. The lowest BCUT2D eigenvalue weighted by Gasteiger charge is -2.22. The van der Waals surface area contributed by atoms with Gasteiger partial charge in [0.05, 0.1) is 17.1 Å². The fourth-order valence-corrected chi connectivity index (χ4v) is 1.90. The number of anilines is 3. The Morgan fingerprint density at radius 2 is 2.05 bits per heavy atom. The number of benzene rings is 1. The second kappa shape index (κ2) is 5.98. The number of hydrogen-bond donors (Lipinski definition) is 2. The highest BCUT2D eigenvalue weighted by molar-refractivity contribution is 5.64. The average molecular weight is 273 g/mol. The monoisotopic (exact) mass is 273 g/mol. The predicted molar refractivity (Wildman–Crippen MR) is 77.8 cm³/mol. The first kappa shape index (κ1) is 13.8. The Hall–Kier alpha value is -2.67. The molecule has 1 heterocycles. The van der Waals surface area contributed by atoms with Crippen molar-refractivity contribution in [1.82, 2.24) is 4.98 Å². The Morgan fingerprint density at radius 1 is 1.35 bits per heavy atom. The van der Waals surface area contributed by atoms with E-state index in [1.54, 1.807) is 0 Å². The number of nitrogen functional groups attached to an aromatic ring is 1. The lowest BCUT2D eigenvalue weighted by atomic mass is 10.2. The van der Waals surface area contributed by atoms with Crippen LogP contribution in [0, 0.1) is 10.1 Å². The first-order chi connectivity index (χ1) is 9.65. The molecule has 2 rings (SSSR count). The number of hydrogen-bond acceptors (Lipinski definition) is 6. The van der Waals surface area contributed by atoms with E-state index in [2.05, 4.69) is 10.4 Å². The van der Waals surface area contributed by atoms with Crippen LogP contribution in [0.5, 0.6) is 0 Å². The van der Waals surface area contributed by atoms with Crippen molar-refractivity contribution in [3.63, 3.8) is 0 Å². The molecule has 0 amide bonds. The van der Waals surface area contributed by atoms with Crippen LogP contribution in [0.3, 0.4) is 0 Å². The van der Waals surface area contributed by atoms with Crippen molar-refractivity contribution in [2.45, 2.75) is 6.92 Å². The SMILES string of the molecule is CCN(c1ccccc1)c1cc([N+](=O)[O-])cc(NN)n1. The van der Waals surface area contributed by atoms with Gasteiger partial charge in [0.15, 0.2) is 0 Å². The second-order valence-corrected chi connectivity index (χ2v) is 4.05. The average Bonchev–Trinajstić information content (AvgIpc) is 2.48. The number of para-hydroxylation sites is 1. The van der Waals surface area contributed by atoms with Crippen molar-refractivity contribution >= 4 is 23.0 Å². The molecule has 7 nitrogen and oxygen atoms in total. The van der Waals surface area contributed by atoms with Crippen LogP contribution in [-0.2, 0) is 0 Å². The number of pyridine rings is 1. The van der Waals surface area contributed by atoms with Crippen LogP contribution in [0.25, 0.3) is 0 Å². The van der Waals surface area contributed by atoms with E-state index in [9.17, 15) is 10.1 Å². The summed E-state index contributed by atoms with van der Waals surface area (Å²) >= 11 is 0. The molecule has 104 valence electrons. The zero-order chi connectivity index (χ0) is 14.5. The van der Waals surface area contributed by atoms with Crippen LogP contribution in [0.2, 0.25) is 0 Å². The Labute approximate surface area is 116 Å². The number of nitrogens with two attached hydrogens (primary N) is 1. The summed E-state index contributed by atoms with van der Waals surface area (Å²) in [6.45, 7) is 2.57. The summed E-state index contributed by atoms with van der Waals surface area (Å²) < 4.78 is 0. The van der Waals surface area contributed by atoms with Crippen molar-refractivity contribution in [3.8, 4) is 0 Å². The van der Waals surface area contributed by atoms with Gasteiger partial charge >= 0.3 is 0 Å². The summed E-state index contributed by atoms with van der Waals surface area (Å²) in [5.41, 5.74) is 3.20. The molecule has 0 radical (unpaired) electrons. The fourth-order valence-electron chi connectivity index (χ4n) is 1.90. The first-order valence-corrected chi connectivity index (χ1v) is 6.11. The molecule has 0 fully saturated rings. The molecule has 7 heteroatoms. The maximum Gasteiger partial charge on any atom is 0.276 e. The van der Waals surface area contributed by atoms with Gasteiger partial charge in [-0.05, 0) is 19.1 Å². The quantitative estimate of drug-likeness (QED) is 0.493. The zero-order valence-corrected chi connectivity index (χ0v) is 11.0. The van der Waals surface area contributed by atoms with E-state index in [1.165, 1.54) is 12.1 Å². The lowest BCUT2D eigenvalue weighted by molar-refractivity contribution is -0.384. The van der Waals surface area contributed by atoms with Crippen LogP contribution in [-0.4, -0.2) is 16.5 Å². The molecule has 0 saturated heterocycles. The third kappa shape index (κ3) is 2.83. The van der Waals surface area contributed by atoms with Crippen molar-refractivity contribution in [1.29, 1.82) is 0 Å². The Morgan fingerprint density at radius 3 is 2.60 bits per heavy atom. The summed E-state index contributed by atoms with van der Waals surface area (Å²) in [6, 6.07) is 12.3. The number of nitrogens with one attached hydrogen (secondary N) is 1. The van der Waals surface area contributed by atoms with Crippen molar-refractivity contribution in [3.05, 3.63) is 52.6 Å². The van der Waals surface area contributed by atoms with Gasteiger partial charge < -0.3 is 10.3 Å². The molecule has 20 heavy (non-hydrogen) atoms. The molecule has 0 saturated carbocycles. The van der Waals surface area contributed by atoms with Crippen LogP contribution in [0.1, 0.15) is 6.92 Å². The molecule has 1 aromatic heterocycles. The number of hydrazine groups is 1. The molecule has 0 unspecified atom stereocenters. The third-order valence-corrected chi connectivity index (χ3v) is 2.82. The number of aromatic nitrogens is 1. The minimum absolute atomic E-state index is 0.0580. The Balaban J connectivity index is 2.49. The van der Waals surface area contributed by atoms with Crippen molar-refractivity contribution < 1.29 is 4.92 Å². The smallest absolute Gasteiger partial charge is 0.276 e. The molecular weight excluding hydrogens is 258 g/mol. The van der Waals surface area contributed by atoms with E-state index < -0.39 is 4.92 Å². The molecule has 3 N–H and O–H groups in total. The van der Waals surface area contributed by atoms with E-state index in [0.29, 0.717) is 12.4 Å². The highest BCUT2D eigenvalue weighted by Gasteiger charge is 2.15. The summed E-state index contributed by atoms with van der Waals surface area (Å²) in [5.74, 6) is 6.04. The van der Waals surface area contributed by atoms with Gasteiger partial charge in [-0.1, -0.05) is 18.2 Å². The van der Waals surface area contributed by atoms with E-state index >= 15 is 0 Å². The molecule has 0 atom stereocenters. The number of nitrogens with zero attached hydrogens (tertiary/aromatic N) is 3. The minimum atomic E-state index is -0.467. The van der Waals surface area contributed by atoms with E-state index in [-0.39, 0.29) is 11.5 Å². The summed E-state index contributed by atoms with van der Waals surface area (Å²) in [7, 11) is 0. The van der Waals surface area contributed by atoms with Crippen molar-refractivity contribution in [2.24, 2.45) is 5.84 Å². The van der Waals surface area contributed by atoms with Crippen LogP contribution in [0.15, 0.2) is 42.5 Å². The number of rotatable bonds is 5. The maximum atomic E-state index is 11.0. The highest BCUT2D eigenvalue weighted by atomic mass is 16.6. The van der Waals surface area contributed by atoms with Gasteiger partial charge in [0, 0.05) is 12.2 Å². The lowest BCUT2D eigenvalue weighted by Crippen LogP contribution is -2.19. The topological polar surface area (TPSA) is 97.3 Å². The normalized spacial score (nSPS) is 10.1. The summed E-state index contributed by atoms with van der Waals surface area (Å²) in [4.78, 5) is 16.6. The van der Waals surface area contributed by atoms with Crippen LogP contribution < -0.4 is 16.2 Å². The molecular formula is C13H15N5O2. The third-order valence-electron chi connectivity index (χ3n) is 2.82. The molecule has 0 spiro atoms. The summed E-state index contributed by atoms with van der Waals surface area (Å²) in [5, 5.41) is 11.0. The minimum Gasteiger partial charge on any atom is -0.326 e. The zero-order valence-electron chi connectivity index (χ0n) is 11.0. The van der Waals surface area contributed by atoms with Gasteiger partial charge in [-0.15, -0.1) is 0 Å². The van der Waals surface area contributed by atoms with E-state index in [1.807, 2.05) is 42.2 Å². The van der Waals surface area contributed by atoms with Gasteiger partial charge in [0.1, 0.15) is 11.6 Å². The largest absolute Gasteiger partial charge is 0.326 e. The van der Waals surface area contributed by atoms with Crippen molar-refractivity contribution in [2.75, 3.05) is 16.9 Å². The highest BCUT2D eigenvalue weighted by Crippen LogP contribution is 2.28. The molecule has 0 aliphatic heterocycles. The second-order valence-electron chi connectivity index (χ2n) is 4.05. The van der Waals surface area contributed by atoms with Crippen LogP contribution >= 0.6 is 0 Å². The molecule has 0 aliphatic carbocycles. The molecule has 2 aromatic rings. The van der Waals surface area contributed by atoms with Gasteiger partial charge in [-0.2, -0.15) is 0 Å². The van der Waals surface area contributed by atoms with Gasteiger partial charge in [-0.25, -0.2) is 10.8 Å². The molecule has 0 bridgehead atoms. The van der Waals surface area contributed by atoms with E-state index in [4.69, 9.17) is 5.84 Å². The Kier molecular flexibility index (Phi) is 4.11. The first-order valence-electron chi connectivity index (χ1n) is 6.11. The van der Waals surface area contributed by atoms with Gasteiger partial charge in [-0.3, -0.25) is 10.1 Å². The standard InChI is InChI=1S/C13H15N5O2/c1-2-17(10-6-4-3-5-7-10)13-9-11(18(19)20)8-12(15-13)16-14/h3-9H,2,14H2,1H3,(H,15,16). The number of nitro groups is 1. The maximum absolute atomic E-state index is 11.0. The molecule has 1 aromatic carbocycles. The fraction of sp³-hybridized carbons (Fsp3) is 0.154. The predicted octanol–water partition coefficient (Wildman–Crippen LogP) is 2.43. The molecule has 0 aliphatic rings. The van der Waals surface area contributed by atoms with Crippen LogP contribution in [0.4, 0.5) is 23.0 Å². The van der Waals surface area contributed by atoms with Gasteiger partial charge in [0.25, 0.3) is 5.69 Å². The van der Waals surface area contributed by atoms with Gasteiger partial charge in [0.2, 0.25) is 0 Å². The summed E-state index contributed by atoms with van der Waals surface area (Å²) in [6.07, 6.45) is 0. The van der Waals surface area contributed by atoms with E-state index in [0.717, 1.165) is 5.69 Å².